The normalized spacial score (nSPS) is 14.2. The summed E-state index contributed by atoms with van der Waals surface area (Å²) in [6.45, 7) is 1.92. The topological polar surface area (TPSA) is 91.3 Å². The summed E-state index contributed by atoms with van der Waals surface area (Å²) in [5.41, 5.74) is 8.50. The number of nitrogens with zero attached hydrogens (tertiary/aromatic N) is 5. The van der Waals surface area contributed by atoms with Crippen molar-refractivity contribution < 1.29 is 9.47 Å². The molecule has 1 aliphatic heterocycles. The van der Waals surface area contributed by atoms with E-state index in [4.69, 9.17) is 20.2 Å². The molecule has 0 bridgehead atoms. The van der Waals surface area contributed by atoms with E-state index in [-0.39, 0.29) is 0 Å². The number of nitrogens with two attached hydrogens (primary N) is 1. The van der Waals surface area contributed by atoms with Crippen molar-refractivity contribution in [3.8, 4) is 22.8 Å². The van der Waals surface area contributed by atoms with Gasteiger partial charge in [0, 0.05) is 25.7 Å². The molecule has 1 aliphatic rings. The van der Waals surface area contributed by atoms with Gasteiger partial charge in [-0.05, 0) is 31.0 Å². The minimum Gasteiger partial charge on any atom is -0.493 e. The molecule has 0 unspecified atom stereocenters. The molecule has 1 saturated heterocycles. The van der Waals surface area contributed by atoms with Crippen LogP contribution in [-0.4, -0.2) is 47.1 Å². The Morgan fingerprint density at radius 3 is 2.46 bits per heavy atom. The molecule has 0 saturated carbocycles. The second-order valence-electron chi connectivity index (χ2n) is 6.34. The maximum Gasteiger partial charge on any atom is 0.228 e. The Hall–Kier alpha value is -3.03. The quantitative estimate of drug-likeness (QED) is 0.768. The standard InChI is InChI=1S/C18H22N6O2/c1-23-16(19)14-15(11-6-7-12(25-2)13(10-11)26-3)20-18(21-17(14)22-23)24-8-4-5-9-24/h6-7,10H,4-5,8-9,19H2,1-3H3. The molecule has 0 spiro atoms. The lowest BCUT2D eigenvalue weighted by Crippen LogP contribution is -2.20. The summed E-state index contributed by atoms with van der Waals surface area (Å²) in [5, 5.41) is 5.22. The van der Waals surface area contributed by atoms with Crippen LogP contribution in [0, 0.1) is 0 Å². The van der Waals surface area contributed by atoms with Crippen LogP contribution in [0.25, 0.3) is 22.3 Å². The Labute approximate surface area is 151 Å². The number of hydrogen-bond acceptors (Lipinski definition) is 7. The summed E-state index contributed by atoms with van der Waals surface area (Å²) in [7, 11) is 5.04. The van der Waals surface area contributed by atoms with E-state index in [0.717, 1.165) is 42.6 Å². The number of rotatable bonds is 4. The zero-order valence-electron chi connectivity index (χ0n) is 15.2. The largest absolute Gasteiger partial charge is 0.493 e. The summed E-state index contributed by atoms with van der Waals surface area (Å²) in [6.07, 6.45) is 2.30. The zero-order valence-corrected chi connectivity index (χ0v) is 15.2. The Bertz CT molecular complexity index is 962. The van der Waals surface area contributed by atoms with Gasteiger partial charge in [0.25, 0.3) is 0 Å². The van der Waals surface area contributed by atoms with Gasteiger partial charge in [-0.1, -0.05) is 0 Å². The third kappa shape index (κ3) is 2.58. The van der Waals surface area contributed by atoms with E-state index in [0.29, 0.717) is 28.9 Å². The molecule has 2 aromatic heterocycles. The van der Waals surface area contributed by atoms with Crippen LogP contribution < -0.4 is 20.1 Å². The number of fused-ring (bicyclic) bond motifs is 1. The molecule has 26 heavy (non-hydrogen) atoms. The SMILES string of the molecule is COc1ccc(-c2nc(N3CCCC3)nc3nn(C)c(N)c23)cc1OC. The van der Waals surface area contributed by atoms with Crippen molar-refractivity contribution in [1.82, 2.24) is 19.7 Å². The molecule has 2 N–H and O–H groups in total. The number of ether oxygens (including phenoxy) is 2. The first kappa shape index (κ1) is 16.4. The number of nitrogen functional groups attached to an aromatic ring is 1. The first-order valence-electron chi connectivity index (χ1n) is 8.60. The molecule has 0 aliphatic carbocycles. The van der Waals surface area contributed by atoms with Crippen LogP contribution >= 0.6 is 0 Å². The van der Waals surface area contributed by atoms with E-state index < -0.39 is 0 Å². The van der Waals surface area contributed by atoms with Crippen LogP contribution in [0.4, 0.5) is 11.8 Å². The van der Waals surface area contributed by atoms with E-state index in [9.17, 15) is 0 Å². The van der Waals surface area contributed by atoms with Crippen molar-refractivity contribution in [2.24, 2.45) is 7.05 Å². The van der Waals surface area contributed by atoms with Crippen molar-refractivity contribution in [2.75, 3.05) is 37.9 Å². The summed E-state index contributed by atoms with van der Waals surface area (Å²) in [4.78, 5) is 11.7. The van der Waals surface area contributed by atoms with Gasteiger partial charge in [0.1, 0.15) is 5.82 Å². The van der Waals surface area contributed by atoms with Crippen molar-refractivity contribution in [3.63, 3.8) is 0 Å². The van der Waals surface area contributed by atoms with Crippen molar-refractivity contribution in [3.05, 3.63) is 18.2 Å². The zero-order chi connectivity index (χ0) is 18.3. The minimum absolute atomic E-state index is 0.540. The molecule has 1 aromatic carbocycles. The van der Waals surface area contributed by atoms with Crippen molar-refractivity contribution in [2.45, 2.75) is 12.8 Å². The van der Waals surface area contributed by atoms with Crippen LogP contribution in [0.2, 0.25) is 0 Å². The second-order valence-corrected chi connectivity index (χ2v) is 6.34. The number of hydrogen-bond donors (Lipinski definition) is 1. The number of methoxy groups -OCH3 is 2. The summed E-state index contributed by atoms with van der Waals surface area (Å²) in [6, 6.07) is 5.72. The Balaban J connectivity index is 1.95. The molecule has 0 radical (unpaired) electrons. The highest BCUT2D eigenvalue weighted by Gasteiger charge is 2.22. The second kappa shape index (κ2) is 6.36. The summed E-state index contributed by atoms with van der Waals surface area (Å²) in [5.74, 6) is 2.54. The van der Waals surface area contributed by atoms with Gasteiger partial charge in [-0.2, -0.15) is 10.1 Å². The maximum absolute atomic E-state index is 6.26. The third-order valence-corrected chi connectivity index (χ3v) is 4.77. The lowest BCUT2D eigenvalue weighted by molar-refractivity contribution is 0.355. The van der Waals surface area contributed by atoms with E-state index in [2.05, 4.69) is 15.0 Å². The van der Waals surface area contributed by atoms with E-state index in [1.165, 1.54) is 0 Å². The smallest absolute Gasteiger partial charge is 0.228 e. The van der Waals surface area contributed by atoms with Gasteiger partial charge in [0.05, 0.1) is 25.3 Å². The molecular weight excluding hydrogens is 332 g/mol. The number of aromatic nitrogens is 4. The fraction of sp³-hybridized carbons (Fsp3) is 0.389. The van der Waals surface area contributed by atoms with Crippen molar-refractivity contribution in [1.29, 1.82) is 0 Å². The minimum atomic E-state index is 0.540. The van der Waals surface area contributed by atoms with Crippen LogP contribution in [0.1, 0.15) is 12.8 Å². The highest BCUT2D eigenvalue weighted by atomic mass is 16.5. The highest BCUT2D eigenvalue weighted by Crippen LogP contribution is 2.36. The molecule has 4 rings (SSSR count). The molecule has 136 valence electrons. The maximum atomic E-state index is 6.26. The van der Waals surface area contributed by atoms with Gasteiger partial charge in [-0.3, -0.25) is 4.68 Å². The first-order valence-corrected chi connectivity index (χ1v) is 8.60. The predicted octanol–water partition coefficient (Wildman–Crippen LogP) is 2.23. The van der Waals surface area contributed by atoms with E-state index >= 15 is 0 Å². The number of aryl methyl sites for hydroxylation is 1. The van der Waals surface area contributed by atoms with E-state index in [1.807, 2.05) is 25.2 Å². The summed E-state index contributed by atoms with van der Waals surface area (Å²) < 4.78 is 12.4. The molecule has 8 heteroatoms. The predicted molar refractivity (Wildman–Crippen MR) is 101 cm³/mol. The van der Waals surface area contributed by atoms with Gasteiger partial charge in [-0.25, -0.2) is 4.98 Å². The van der Waals surface area contributed by atoms with E-state index in [1.54, 1.807) is 18.9 Å². The lowest BCUT2D eigenvalue weighted by Gasteiger charge is -2.16. The average Bonchev–Trinajstić information content (AvgIpc) is 3.29. The van der Waals surface area contributed by atoms with Gasteiger partial charge in [-0.15, -0.1) is 0 Å². The van der Waals surface area contributed by atoms with Gasteiger partial charge in [0.15, 0.2) is 17.1 Å². The number of anilines is 2. The Kier molecular flexibility index (Phi) is 4.02. The molecule has 3 aromatic rings. The van der Waals surface area contributed by atoms with Gasteiger partial charge in [0.2, 0.25) is 5.95 Å². The van der Waals surface area contributed by atoms with Crippen LogP contribution in [0.5, 0.6) is 11.5 Å². The third-order valence-electron chi connectivity index (χ3n) is 4.77. The Morgan fingerprint density at radius 1 is 1.04 bits per heavy atom. The molecule has 3 heterocycles. The van der Waals surface area contributed by atoms with Gasteiger partial charge < -0.3 is 20.1 Å². The fourth-order valence-electron chi connectivity index (χ4n) is 3.35. The van der Waals surface area contributed by atoms with Crippen LogP contribution in [0.15, 0.2) is 18.2 Å². The fourth-order valence-corrected chi connectivity index (χ4v) is 3.35. The lowest BCUT2D eigenvalue weighted by atomic mass is 10.1. The highest BCUT2D eigenvalue weighted by molar-refractivity contribution is 5.99. The van der Waals surface area contributed by atoms with Crippen LogP contribution in [0.3, 0.4) is 0 Å². The van der Waals surface area contributed by atoms with Crippen LogP contribution in [-0.2, 0) is 7.05 Å². The number of benzene rings is 1. The Morgan fingerprint density at radius 2 is 1.77 bits per heavy atom. The molecule has 8 nitrogen and oxygen atoms in total. The average molecular weight is 354 g/mol. The first-order chi connectivity index (χ1) is 12.6. The monoisotopic (exact) mass is 354 g/mol. The summed E-state index contributed by atoms with van der Waals surface area (Å²) >= 11 is 0. The molecule has 0 atom stereocenters. The molecule has 0 amide bonds. The van der Waals surface area contributed by atoms with Gasteiger partial charge >= 0.3 is 0 Å². The molecule has 1 fully saturated rings. The molecular formula is C18H22N6O2. The van der Waals surface area contributed by atoms with Crippen molar-refractivity contribution >= 4 is 22.8 Å².